The number of aromatic nitrogens is 1. The second kappa shape index (κ2) is 14.5. The van der Waals surface area contributed by atoms with E-state index in [2.05, 4.69) is 16.0 Å². The third kappa shape index (κ3) is 6.84. The van der Waals surface area contributed by atoms with E-state index in [0.717, 1.165) is 54.5 Å². The molecule has 10 nitrogen and oxygen atoms in total. The summed E-state index contributed by atoms with van der Waals surface area (Å²) < 4.78 is 17.2. The minimum atomic E-state index is -0.680. The maximum absolute atomic E-state index is 13.9. The molecule has 11 heteroatoms. The zero-order chi connectivity index (χ0) is 33.0. The Balaban J connectivity index is 1.57. The molecule has 3 N–H and O–H groups in total. The highest BCUT2D eigenvalue weighted by Gasteiger charge is 2.31. The molecule has 3 atom stereocenters. The fraction of sp³-hybridized carbons (Fsp3) is 0.486. The summed E-state index contributed by atoms with van der Waals surface area (Å²) >= 11 is 1.55. The molecule has 5 rings (SSSR count). The molecule has 0 spiro atoms. The topological polar surface area (TPSA) is 128 Å². The van der Waals surface area contributed by atoms with Crippen molar-refractivity contribution in [3.63, 3.8) is 0 Å². The quantitative estimate of drug-likeness (QED) is 0.227. The monoisotopic (exact) mass is 648 g/mol. The summed E-state index contributed by atoms with van der Waals surface area (Å²) in [7, 11) is 4.69. The van der Waals surface area contributed by atoms with Gasteiger partial charge in [-0.15, -0.1) is 11.3 Å². The van der Waals surface area contributed by atoms with E-state index in [9.17, 15) is 14.4 Å². The first-order valence-corrected chi connectivity index (χ1v) is 16.8. The van der Waals surface area contributed by atoms with Gasteiger partial charge in [0.1, 0.15) is 6.04 Å². The van der Waals surface area contributed by atoms with Crippen LogP contribution in [-0.4, -0.2) is 44.2 Å². The Hall–Kier alpha value is -4.12. The second-order valence-electron chi connectivity index (χ2n) is 12.0. The first-order chi connectivity index (χ1) is 22.2. The number of aryl methyl sites for hydroxylation is 3. The number of nitrogens with one attached hydrogen (secondary N) is 3. The van der Waals surface area contributed by atoms with Crippen LogP contribution < -0.4 is 35.6 Å². The fourth-order valence-electron chi connectivity index (χ4n) is 6.46. The van der Waals surface area contributed by atoms with E-state index in [-0.39, 0.29) is 28.8 Å². The molecular formula is C35H44N4O6S. The molecule has 0 saturated heterocycles. The summed E-state index contributed by atoms with van der Waals surface area (Å²) in [5.41, 5.74) is 4.17. The average molecular weight is 649 g/mol. The number of amides is 2. The maximum atomic E-state index is 13.9. The maximum Gasteiger partial charge on any atom is 0.248 e. The van der Waals surface area contributed by atoms with Crippen molar-refractivity contribution in [1.82, 2.24) is 10.3 Å². The number of carbonyl (C=O) groups is 2. The standard InChI is InChI=1S/C35H44N4O6S/c1-7-19(2)31(34(42)39-35-38-26-11-9-8-10-12-29(26)46-35)37-25-16-14-22-23(18-27(25)41)24(36-20(3)40)15-13-21-17-28(43-4)32(44-5)33(45-6)30(21)22/h14,16-19,24,31H,7-13,15H2,1-6H3,(H,36,40)(H,37,41)(H,38,39,42)/t19-,24+,31-/m0/s1. The van der Waals surface area contributed by atoms with Gasteiger partial charge in [0.25, 0.3) is 0 Å². The SMILES string of the molecule is CC[C@H](C)[C@H](Nc1ccc2c(cc1=O)[C@H](NC(C)=O)CCc1cc(OC)c(OC)c(OC)c1-2)C(=O)Nc1nc2c(s1)CCCCC2. The Morgan fingerprint density at radius 1 is 1.02 bits per heavy atom. The van der Waals surface area contributed by atoms with Gasteiger partial charge in [-0.1, -0.05) is 32.8 Å². The molecule has 3 aromatic rings. The Kier molecular flexibility index (Phi) is 10.5. The Morgan fingerprint density at radius 3 is 2.48 bits per heavy atom. The van der Waals surface area contributed by atoms with E-state index in [1.165, 1.54) is 18.2 Å². The summed E-state index contributed by atoms with van der Waals surface area (Å²) in [5, 5.41) is 9.96. The number of thiazole rings is 1. The summed E-state index contributed by atoms with van der Waals surface area (Å²) in [6, 6.07) is 5.95. The molecule has 46 heavy (non-hydrogen) atoms. The van der Waals surface area contributed by atoms with E-state index >= 15 is 0 Å². The van der Waals surface area contributed by atoms with Crippen molar-refractivity contribution in [2.75, 3.05) is 32.0 Å². The van der Waals surface area contributed by atoms with Crippen LogP contribution >= 0.6 is 11.3 Å². The molecule has 0 radical (unpaired) electrons. The highest BCUT2D eigenvalue weighted by atomic mass is 32.1. The van der Waals surface area contributed by atoms with Crippen molar-refractivity contribution in [3.05, 3.63) is 56.2 Å². The van der Waals surface area contributed by atoms with Crippen molar-refractivity contribution in [3.8, 4) is 28.4 Å². The van der Waals surface area contributed by atoms with E-state index in [4.69, 9.17) is 19.2 Å². The highest BCUT2D eigenvalue weighted by Crippen LogP contribution is 2.50. The van der Waals surface area contributed by atoms with Crippen LogP contribution in [0.5, 0.6) is 17.2 Å². The van der Waals surface area contributed by atoms with Crippen molar-refractivity contribution in [2.45, 2.75) is 84.2 Å². The van der Waals surface area contributed by atoms with Crippen LogP contribution in [0.1, 0.15) is 80.6 Å². The summed E-state index contributed by atoms with van der Waals surface area (Å²) in [4.78, 5) is 46.0. The predicted octanol–water partition coefficient (Wildman–Crippen LogP) is 6.05. The summed E-state index contributed by atoms with van der Waals surface area (Å²) in [5.74, 6) is 0.940. The molecule has 0 fully saturated rings. The van der Waals surface area contributed by atoms with Gasteiger partial charge in [0.15, 0.2) is 16.6 Å². The first-order valence-electron chi connectivity index (χ1n) is 16.0. The molecule has 0 saturated carbocycles. The summed E-state index contributed by atoms with van der Waals surface area (Å²) in [6.07, 6.45) is 7.26. The van der Waals surface area contributed by atoms with Crippen molar-refractivity contribution in [1.29, 1.82) is 0 Å². The first kappa shape index (κ1) is 33.2. The lowest BCUT2D eigenvalue weighted by Crippen LogP contribution is -2.40. The number of nitrogens with zero attached hydrogens (tertiary/aromatic N) is 1. The number of ether oxygens (including phenoxy) is 3. The lowest BCUT2D eigenvalue weighted by molar-refractivity contribution is -0.120. The molecule has 2 aromatic carbocycles. The number of hydrogen-bond acceptors (Lipinski definition) is 9. The zero-order valence-corrected chi connectivity index (χ0v) is 28.3. The number of rotatable bonds is 10. The van der Waals surface area contributed by atoms with Gasteiger partial charge in [-0.05, 0) is 79.3 Å². The number of hydrogen-bond donors (Lipinski definition) is 3. The fourth-order valence-corrected chi connectivity index (χ4v) is 7.51. The van der Waals surface area contributed by atoms with Crippen LogP contribution in [0.4, 0.5) is 10.8 Å². The van der Waals surface area contributed by atoms with Gasteiger partial charge in [0.05, 0.1) is 38.8 Å². The van der Waals surface area contributed by atoms with E-state index in [1.807, 2.05) is 26.0 Å². The van der Waals surface area contributed by atoms with Crippen LogP contribution in [-0.2, 0) is 28.9 Å². The van der Waals surface area contributed by atoms with E-state index in [0.29, 0.717) is 40.8 Å². The minimum absolute atomic E-state index is 0.0785. The largest absolute Gasteiger partial charge is 0.493 e. The van der Waals surface area contributed by atoms with Crippen LogP contribution in [0.2, 0.25) is 0 Å². The van der Waals surface area contributed by atoms with E-state index in [1.54, 1.807) is 44.8 Å². The Bertz CT molecular complexity index is 1650. The number of benzene rings is 1. The molecule has 0 unspecified atom stereocenters. The van der Waals surface area contributed by atoms with Crippen LogP contribution in [0.25, 0.3) is 11.1 Å². The second-order valence-corrected chi connectivity index (χ2v) is 13.1. The molecule has 2 aliphatic carbocycles. The number of methoxy groups -OCH3 is 3. The lowest BCUT2D eigenvalue weighted by Gasteiger charge is -2.23. The van der Waals surface area contributed by atoms with Gasteiger partial charge in [-0.2, -0.15) is 0 Å². The van der Waals surface area contributed by atoms with Gasteiger partial charge in [-0.25, -0.2) is 4.98 Å². The molecule has 1 aromatic heterocycles. The molecule has 2 aliphatic rings. The van der Waals surface area contributed by atoms with Gasteiger partial charge < -0.3 is 30.2 Å². The van der Waals surface area contributed by atoms with E-state index < -0.39 is 12.1 Å². The molecule has 0 bridgehead atoms. The molecule has 2 amide bonds. The zero-order valence-electron chi connectivity index (χ0n) is 27.5. The smallest absolute Gasteiger partial charge is 0.248 e. The Labute approximate surface area is 274 Å². The third-order valence-electron chi connectivity index (χ3n) is 9.05. The average Bonchev–Trinajstić information content (AvgIpc) is 3.14. The third-order valence-corrected chi connectivity index (χ3v) is 10.1. The normalized spacial score (nSPS) is 16.7. The molecule has 0 aliphatic heterocycles. The molecule has 246 valence electrons. The number of fused-ring (bicyclic) bond motifs is 4. The van der Waals surface area contributed by atoms with Crippen molar-refractivity contribution >= 4 is 34.0 Å². The predicted molar refractivity (Wildman–Crippen MR) is 182 cm³/mol. The molecule has 1 heterocycles. The van der Waals surface area contributed by atoms with Gasteiger partial charge in [0.2, 0.25) is 23.0 Å². The minimum Gasteiger partial charge on any atom is -0.493 e. The molecular weight excluding hydrogens is 604 g/mol. The number of anilines is 2. The van der Waals surface area contributed by atoms with Crippen molar-refractivity contribution < 1.29 is 23.8 Å². The lowest BCUT2D eigenvalue weighted by atomic mass is 9.95. The van der Waals surface area contributed by atoms with Gasteiger partial charge >= 0.3 is 0 Å². The summed E-state index contributed by atoms with van der Waals surface area (Å²) in [6.45, 7) is 5.48. The van der Waals surface area contributed by atoms with Crippen LogP contribution in [0.3, 0.4) is 0 Å². The number of carbonyl (C=O) groups excluding carboxylic acids is 2. The van der Waals surface area contributed by atoms with Crippen LogP contribution in [0.15, 0.2) is 29.1 Å². The van der Waals surface area contributed by atoms with Gasteiger partial charge in [0, 0.05) is 17.4 Å². The highest BCUT2D eigenvalue weighted by molar-refractivity contribution is 7.15. The van der Waals surface area contributed by atoms with Gasteiger partial charge in [-0.3, -0.25) is 14.4 Å². The Morgan fingerprint density at radius 2 is 1.78 bits per heavy atom. The van der Waals surface area contributed by atoms with Crippen LogP contribution in [0, 0.1) is 5.92 Å². The van der Waals surface area contributed by atoms with Crippen molar-refractivity contribution in [2.24, 2.45) is 5.92 Å².